The second-order valence-corrected chi connectivity index (χ2v) is 13.9. The standard InChI is InChI=1S/C37H40ClN3O7S/c1-46-32-13-9-28(10-14-32)19-20-39-37(43)35(25-29-5-3-2-4-6-29)41(26-30-7-11-31(38)12-8-30)36(42)27-48-33-15-17-34(18-16-33)49(44,45)40-21-23-47-24-22-40/h2-18,35H,19-27H2,1H3,(H,39,43)/t35-/m0/s1. The van der Waals surface area contributed by atoms with Gasteiger partial charge in [-0.15, -0.1) is 0 Å². The maximum Gasteiger partial charge on any atom is 0.261 e. The van der Waals surface area contributed by atoms with Crippen LogP contribution in [0.15, 0.2) is 108 Å². The molecule has 1 N–H and O–H groups in total. The Kier molecular flexibility index (Phi) is 12.7. The number of carbonyl (C=O) groups is 2. The minimum atomic E-state index is -3.68. The second kappa shape index (κ2) is 17.3. The van der Waals surface area contributed by atoms with Crippen LogP contribution in [0.3, 0.4) is 0 Å². The Morgan fingerprint density at radius 3 is 2.14 bits per heavy atom. The predicted molar refractivity (Wildman–Crippen MR) is 187 cm³/mol. The molecule has 10 nitrogen and oxygen atoms in total. The van der Waals surface area contributed by atoms with Crippen LogP contribution < -0.4 is 14.8 Å². The molecule has 4 aromatic carbocycles. The third kappa shape index (κ3) is 10.1. The monoisotopic (exact) mass is 705 g/mol. The van der Waals surface area contributed by atoms with Crippen molar-refractivity contribution in [2.75, 3.05) is 46.6 Å². The van der Waals surface area contributed by atoms with Crippen LogP contribution in [0.5, 0.6) is 11.5 Å². The van der Waals surface area contributed by atoms with Gasteiger partial charge in [-0.05, 0) is 71.6 Å². The fraction of sp³-hybridized carbons (Fsp3) is 0.297. The van der Waals surface area contributed by atoms with Gasteiger partial charge in [-0.1, -0.05) is 66.2 Å². The summed E-state index contributed by atoms with van der Waals surface area (Å²) in [6, 6.07) is 29.4. The van der Waals surface area contributed by atoms with Crippen LogP contribution in [0.2, 0.25) is 5.02 Å². The average molecular weight is 706 g/mol. The lowest BCUT2D eigenvalue weighted by Crippen LogP contribution is -2.52. The van der Waals surface area contributed by atoms with Crippen molar-refractivity contribution < 1.29 is 32.2 Å². The van der Waals surface area contributed by atoms with Crippen LogP contribution in [0.25, 0.3) is 0 Å². The van der Waals surface area contributed by atoms with E-state index in [9.17, 15) is 18.0 Å². The van der Waals surface area contributed by atoms with E-state index < -0.39 is 22.0 Å². The van der Waals surface area contributed by atoms with Crippen LogP contribution in [0, 0.1) is 0 Å². The summed E-state index contributed by atoms with van der Waals surface area (Å²) in [6.07, 6.45) is 0.877. The summed E-state index contributed by atoms with van der Waals surface area (Å²) >= 11 is 6.14. The number of sulfonamides is 1. The van der Waals surface area contributed by atoms with Crippen molar-refractivity contribution in [2.24, 2.45) is 0 Å². The summed E-state index contributed by atoms with van der Waals surface area (Å²) in [5.41, 5.74) is 2.72. The number of morpholine rings is 1. The van der Waals surface area contributed by atoms with E-state index in [1.807, 2.05) is 66.7 Å². The van der Waals surface area contributed by atoms with E-state index in [0.717, 1.165) is 22.4 Å². The van der Waals surface area contributed by atoms with Crippen LogP contribution in [0.1, 0.15) is 16.7 Å². The van der Waals surface area contributed by atoms with Gasteiger partial charge in [0.2, 0.25) is 15.9 Å². The summed E-state index contributed by atoms with van der Waals surface area (Å²) in [5.74, 6) is 0.371. The number of ether oxygens (including phenoxy) is 3. The van der Waals surface area contributed by atoms with Gasteiger partial charge in [-0.2, -0.15) is 4.31 Å². The van der Waals surface area contributed by atoms with Gasteiger partial charge in [0.15, 0.2) is 6.61 Å². The van der Waals surface area contributed by atoms with Gasteiger partial charge in [-0.3, -0.25) is 9.59 Å². The maximum atomic E-state index is 14.0. The second-order valence-electron chi connectivity index (χ2n) is 11.5. The quantitative estimate of drug-likeness (QED) is 0.190. The Bertz CT molecular complexity index is 1770. The number of nitrogens with zero attached hydrogens (tertiary/aromatic N) is 2. The van der Waals surface area contributed by atoms with E-state index in [2.05, 4.69) is 5.32 Å². The Hall–Kier alpha value is -4.42. The van der Waals surface area contributed by atoms with Crippen molar-refractivity contribution in [2.45, 2.75) is 30.3 Å². The molecule has 5 rings (SSSR count). The molecule has 1 aliphatic heterocycles. The van der Waals surface area contributed by atoms with Crippen molar-refractivity contribution in [3.8, 4) is 11.5 Å². The Morgan fingerprint density at radius 2 is 1.49 bits per heavy atom. The molecule has 1 atom stereocenters. The normalized spacial score (nSPS) is 14.1. The maximum absolute atomic E-state index is 14.0. The molecule has 1 aliphatic rings. The summed E-state index contributed by atoms with van der Waals surface area (Å²) in [5, 5.41) is 3.59. The third-order valence-electron chi connectivity index (χ3n) is 8.20. The number of hydrogen-bond donors (Lipinski definition) is 1. The number of benzene rings is 4. The molecule has 1 heterocycles. The summed E-state index contributed by atoms with van der Waals surface area (Å²) in [7, 11) is -2.07. The zero-order chi connectivity index (χ0) is 34.6. The van der Waals surface area contributed by atoms with Crippen LogP contribution >= 0.6 is 11.6 Å². The number of halogens is 1. The van der Waals surface area contributed by atoms with Gasteiger partial charge < -0.3 is 24.4 Å². The van der Waals surface area contributed by atoms with Crippen LogP contribution in [-0.4, -0.2) is 82.0 Å². The van der Waals surface area contributed by atoms with Crippen molar-refractivity contribution in [1.82, 2.24) is 14.5 Å². The minimum absolute atomic E-state index is 0.131. The largest absolute Gasteiger partial charge is 0.497 e. The lowest BCUT2D eigenvalue weighted by atomic mass is 10.0. The van der Waals surface area contributed by atoms with E-state index in [0.29, 0.717) is 37.0 Å². The molecule has 0 radical (unpaired) electrons. The fourth-order valence-electron chi connectivity index (χ4n) is 5.45. The highest BCUT2D eigenvalue weighted by Crippen LogP contribution is 2.22. The molecule has 0 aromatic heterocycles. The van der Waals surface area contributed by atoms with Gasteiger partial charge in [0.25, 0.3) is 5.91 Å². The number of methoxy groups -OCH3 is 1. The van der Waals surface area contributed by atoms with Gasteiger partial charge in [0.1, 0.15) is 17.5 Å². The summed E-state index contributed by atoms with van der Waals surface area (Å²) < 4.78 is 43.9. The molecule has 0 saturated carbocycles. The molecular formula is C37H40ClN3O7S. The Labute approximate surface area is 292 Å². The van der Waals surface area contributed by atoms with Crippen molar-refractivity contribution in [1.29, 1.82) is 0 Å². The highest BCUT2D eigenvalue weighted by molar-refractivity contribution is 7.89. The molecule has 0 aliphatic carbocycles. The summed E-state index contributed by atoms with van der Waals surface area (Å²) in [4.78, 5) is 29.5. The predicted octanol–water partition coefficient (Wildman–Crippen LogP) is 4.75. The van der Waals surface area contributed by atoms with Gasteiger partial charge >= 0.3 is 0 Å². The van der Waals surface area contributed by atoms with Gasteiger partial charge in [0, 0.05) is 37.6 Å². The van der Waals surface area contributed by atoms with E-state index in [1.165, 1.54) is 33.5 Å². The Balaban J connectivity index is 1.33. The van der Waals surface area contributed by atoms with Crippen LogP contribution in [-0.2, 0) is 43.7 Å². The molecule has 0 bridgehead atoms. The molecule has 12 heteroatoms. The number of carbonyl (C=O) groups excluding carboxylic acids is 2. The summed E-state index contributed by atoms with van der Waals surface area (Å²) in [6.45, 7) is 1.42. The zero-order valence-electron chi connectivity index (χ0n) is 27.3. The molecule has 1 fully saturated rings. The topological polar surface area (TPSA) is 114 Å². The Morgan fingerprint density at radius 1 is 0.857 bits per heavy atom. The van der Waals surface area contributed by atoms with E-state index >= 15 is 0 Å². The first-order chi connectivity index (χ1) is 23.7. The van der Waals surface area contributed by atoms with Crippen molar-refractivity contribution in [3.63, 3.8) is 0 Å². The minimum Gasteiger partial charge on any atom is -0.497 e. The first-order valence-corrected chi connectivity index (χ1v) is 17.8. The molecule has 0 unspecified atom stereocenters. The lowest BCUT2D eigenvalue weighted by molar-refractivity contribution is -0.142. The molecule has 49 heavy (non-hydrogen) atoms. The number of amides is 2. The number of rotatable bonds is 15. The van der Waals surface area contributed by atoms with Gasteiger partial charge in [0.05, 0.1) is 25.2 Å². The van der Waals surface area contributed by atoms with Gasteiger partial charge in [-0.25, -0.2) is 8.42 Å². The molecule has 4 aromatic rings. The fourth-order valence-corrected chi connectivity index (χ4v) is 6.99. The first kappa shape index (κ1) is 35.9. The van der Waals surface area contributed by atoms with Crippen LogP contribution in [0.4, 0.5) is 0 Å². The highest BCUT2D eigenvalue weighted by atomic mass is 35.5. The molecule has 0 spiro atoms. The SMILES string of the molecule is COc1ccc(CCNC(=O)[C@H](Cc2ccccc2)N(Cc2ccc(Cl)cc2)C(=O)COc2ccc(S(=O)(=O)N3CCOCC3)cc2)cc1. The third-order valence-corrected chi connectivity index (χ3v) is 10.4. The molecule has 258 valence electrons. The first-order valence-electron chi connectivity index (χ1n) is 16.0. The average Bonchev–Trinajstić information content (AvgIpc) is 3.14. The number of hydrogen-bond acceptors (Lipinski definition) is 7. The van der Waals surface area contributed by atoms with Crippen molar-refractivity contribution >= 4 is 33.4 Å². The smallest absolute Gasteiger partial charge is 0.261 e. The van der Waals surface area contributed by atoms with Crippen molar-refractivity contribution in [3.05, 3.63) is 125 Å². The van der Waals surface area contributed by atoms with E-state index in [4.69, 9.17) is 25.8 Å². The highest BCUT2D eigenvalue weighted by Gasteiger charge is 2.31. The van der Waals surface area contributed by atoms with E-state index in [-0.39, 0.29) is 43.5 Å². The number of nitrogens with one attached hydrogen (secondary N) is 1. The molecular weight excluding hydrogens is 666 g/mol. The zero-order valence-corrected chi connectivity index (χ0v) is 28.9. The van der Waals surface area contributed by atoms with E-state index in [1.54, 1.807) is 19.2 Å². The molecule has 1 saturated heterocycles. The molecule has 2 amide bonds. The lowest BCUT2D eigenvalue weighted by Gasteiger charge is -2.31.